The average Bonchev–Trinajstić information content (AvgIpc) is 2.76. The number of nitrogens with zero attached hydrogens (tertiary/aromatic N) is 3. The van der Waals surface area contributed by atoms with E-state index in [-0.39, 0.29) is 16.7 Å². The molecule has 0 aliphatic carbocycles. The maximum absolute atomic E-state index is 13.5. The lowest BCUT2D eigenvalue weighted by molar-refractivity contribution is -0.131. The molecule has 0 N–H and O–H groups in total. The number of thioether (sulfide) groups is 1. The van der Waals surface area contributed by atoms with Crippen LogP contribution in [0.1, 0.15) is 37.3 Å². The molecule has 5 nitrogen and oxygen atoms in total. The van der Waals surface area contributed by atoms with Crippen LogP contribution >= 0.6 is 11.8 Å². The lowest BCUT2D eigenvalue weighted by atomic mass is 10.1. The number of rotatable bonds is 4. The van der Waals surface area contributed by atoms with Crippen LogP contribution in [0.2, 0.25) is 0 Å². The number of aryl methyl sites for hydroxylation is 2. The fourth-order valence-electron chi connectivity index (χ4n) is 3.94. The van der Waals surface area contributed by atoms with Gasteiger partial charge in [0.05, 0.1) is 21.8 Å². The molecule has 0 radical (unpaired) electrons. The third-order valence-corrected chi connectivity index (χ3v) is 6.69. The van der Waals surface area contributed by atoms with Crippen LogP contribution in [0.25, 0.3) is 16.6 Å². The molecule has 0 unspecified atom stereocenters. The van der Waals surface area contributed by atoms with Gasteiger partial charge in [0.15, 0.2) is 5.16 Å². The Kier molecular flexibility index (Phi) is 5.95. The Labute approximate surface area is 181 Å². The first-order valence-electron chi connectivity index (χ1n) is 10.5. The molecule has 1 aliphatic heterocycles. The molecule has 1 aliphatic rings. The third-order valence-electron chi connectivity index (χ3n) is 5.65. The van der Waals surface area contributed by atoms with Crippen molar-refractivity contribution in [3.8, 4) is 5.69 Å². The van der Waals surface area contributed by atoms with Crippen LogP contribution in [0.15, 0.2) is 52.4 Å². The van der Waals surface area contributed by atoms with Gasteiger partial charge >= 0.3 is 0 Å². The van der Waals surface area contributed by atoms with Gasteiger partial charge in [-0.2, -0.15) is 0 Å². The summed E-state index contributed by atoms with van der Waals surface area (Å²) in [4.78, 5) is 33.2. The molecular weight excluding hydrogens is 394 g/mol. The molecule has 0 spiro atoms. The summed E-state index contributed by atoms with van der Waals surface area (Å²) in [5, 5.41) is 0.829. The van der Waals surface area contributed by atoms with Crippen molar-refractivity contribution in [2.24, 2.45) is 0 Å². The lowest BCUT2D eigenvalue weighted by Crippen LogP contribution is -2.40. The van der Waals surface area contributed by atoms with E-state index in [0.29, 0.717) is 16.1 Å². The van der Waals surface area contributed by atoms with E-state index in [4.69, 9.17) is 4.98 Å². The highest BCUT2D eigenvalue weighted by Gasteiger charge is 2.25. The first-order valence-corrected chi connectivity index (χ1v) is 11.4. The molecule has 2 aromatic carbocycles. The smallest absolute Gasteiger partial charge is 0.266 e. The number of piperidine rings is 1. The second-order valence-corrected chi connectivity index (χ2v) is 9.30. The predicted molar refractivity (Wildman–Crippen MR) is 123 cm³/mol. The van der Waals surface area contributed by atoms with Gasteiger partial charge in [-0.15, -0.1) is 0 Å². The molecule has 1 atom stereocenters. The number of para-hydroxylation sites is 1. The fourth-order valence-corrected chi connectivity index (χ4v) is 4.95. The van der Waals surface area contributed by atoms with Crippen molar-refractivity contribution < 1.29 is 4.79 Å². The highest BCUT2D eigenvalue weighted by Crippen LogP contribution is 2.28. The van der Waals surface area contributed by atoms with Crippen LogP contribution in [0.3, 0.4) is 0 Å². The monoisotopic (exact) mass is 421 g/mol. The molecular formula is C24H27N3O2S. The molecule has 2 heterocycles. The average molecular weight is 422 g/mol. The zero-order valence-electron chi connectivity index (χ0n) is 17.7. The Hall–Kier alpha value is -2.60. The van der Waals surface area contributed by atoms with E-state index < -0.39 is 0 Å². The normalized spacial score (nSPS) is 15.4. The van der Waals surface area contributed by atoms with Gasteiger partial charge in [0.2, 0.25) is 5.91 Å². The minimum atomic E-state index is -0.312. The van der Waals surface area contributed by atoms with Crippen molar-refractivity contribution in [2.45, 2.75) is 50.4 Å². The van der Waals surface area contributed by atoms with E-state index in [1.165, 1.54) is 18.2 Å². The van der Waals surface area contributed by atoms with E-state index >= 15 is 0 Å². The van der Waals surface area contributed by atoms with Crippen LogP contribution in [-0.2, 0) is 4.79 Å². The molecule has 1 aromatic heterocycles. The zero-order valence-corrected chi connectivity index (χ0v) is 18.5. The maximum atomic E-state index is 13.5. The molecule has 6 heteroatoms. The maximum Gasteiger partial charge on any atom is 0.266 e. The summed E-state index contributed by atoms with van der Waals surface area (Å²) < 4.78 is 1.68. The molecule has 0 saturated carbocycles. The topological polar surface area (TPSA) is 55.2 Å². The van der Waals surface area contributed by atoms with E-state index in [1.54, 1.807) is 4.57 Å². The zero-order chi connectivity index (χ0) is 21.3. The number of carbonyl (C=O) groups is 1. The second-order valence-electron chi connectivity index (χ2n) is 7.99. The fraction of sp³-hybridized carbons (Fsp3) is 0.375. The number of fused-ring (bicyclic) bond motifs is 1. The molecule has 3 aromatic rings. The SMILES string of the molecule is Cc1ccc(C)c(-n2c(S[C@H](C)C(=O)N3CCCCC3)nc3ccccc3c2=O)c1. The lowest BCUT2D eigenvalue weighted by Gasteiger charge is -2.29. The van der Waals surface area contributed by atoms with Gasteiger partial charge in [0, 0.05) is 13.1 Å². The Morgan fingerprint density at radius 3 is 2.57 bits per heavy atom. The number of benzene rings is 2. The summed E-state index contributed by atoms with van der Waals surface area (Å²) in [5.74, 6) is 0.120. The minimum Gasteiger partial charge on any atom is -0.342 e. The van der Waals surface area contributed by atoms with Crippen LogP contribution in [0.4, 0.5) is 0 Å². The van der Waals surface area contributed by atoms with Crippen molar-refractivity contribution >= 4 is 28.6 Å². The van der Waals surface area contributed by atoms with Crippen LogP contribution in [0, 0.1) is 13.8 Å². The molecule has 1 fully saturated rings. The summed E-state index contributed by atoms with van der Waals surface area (Å²) in [6, 6.07) is 13.5. The minimum absolute atomic E-state index is 0.102. The number of aromatic nitrogens is 2. The summed E-state index contributed by atoms with van der Waals surface area (Å²) in [7, 11) is 0. The third kappa shape index (κ3) is 4.01. The van der Waals surface area contributed by atoms with Gasteiger partial charge in [0.25, 0.3) is 5.56 Å². The summed E-state index contributed by atoms with van der Waals surface area (Å²) in [6.07, 6.45) is 3.30. The Balaban J connectivity index is 1.81. The predicted octanol–water partition coefficient (Wildman–Crippen LogP) is 4.50. The standard InChI is InChI=1S/C24H27N3O2S/c1-16-11-12-17(2)21(15-16)27-23(29)19-9-5-6-10-20(19)25-24(27)30-18(3)22(28)26-13-7-4-8-14-26/h5-6,9-12,15,18H,4,7-8,13-14H2,1-3H3/t18-/m1/s1. The summed E-state index contributed by atoms with van der Waals surface area (Å²) >= 11 is 1.37. The first kappa shape index (κ1) is 20.7. The van der Waals surface area contributed by atoms with Crippen LogP contribution in [0.5, 0.6) is 0 Å². The Morgan fingerprint density at radius 2 is 1.80 bits per heavy atom. The van der Waals surface area contributed by atoms with Crippen molar-refractivity contribution in [3.05, 3.63) is 63.9 Å². The molecule has 156 valence electrons. The van der Waals surface area contributed by atoms with Crippen molar-refractivity contribution in [3.63, 3.8) is 0 Å². The largest absolute Gasteiger partial charge is 0.342 e. The van der Waals surface area contributed by atoms with Gasteiger partial charge in [-0.1, -0.05) is 36.0 Å². The van der Waals surface area contributed by atoms with Crippen LogP contribution < -0.4 is 5.56 Å². The molecule has 1 amide bonds. The van der Waals surface area contributed by atoms with E-state index in [2.05, 4.69) is 0 Å². The molecule has 1 saturated heterocycles. The Bertz CT molecular complexity index is 1150. The quantitative estimate of drug-likeness (QED) is 0.460. The van der Waals surface area contributed by atoms with Crippen LogP contribution in [-0.4, -0.2) is 38.7 Å². The number of amides is 1. The number of hydrogen-bond donors (Lipinski definition) is 0. The van der Waals surface area contributed by atoms with Crippen molar-refractivity contribution in [1.82, 2.24) is 14.5 Å². The molecule has 4 rings (SSSR count). The summed E-state index contributed by atoms with van der Waals surface area (Å²) in [5.41, 5.74) is 3.44. The van der Waals surface area contributed by atoms with Crippen molar-refractivity contribution in [2.75, 3.05) is 13.1 Å². The van der Waals surface area contributed by atoms with Gasteiger partial charge < -0.3 is 4.90 Å². The summed E-state index contributed by atoms with van der Waals surface area (Å²) in [6.45, 7) is 7.55. The van der Waals surface area contributed by atoms with Gasteiger partial charge in [0.1, 0.15) is 0 Å². The van der Waals surface area contributed by atoms with Crippen molar-refractivity contribution in [1.29, 1.82) is 0 Å². The highest BCUT2D eigenvalue weighted by atomic mass is 32.2. The molecule has 0 bridgehead atoms. The number of hydrogen-bond acceptors (Lipinski definition) is 4. The first-order chi connectivity index (χ1) is 14.5. The van der Waals surface area contributed by atoms with E-state index in [0.717, 1.165) is 42.7 Å². The van der Waals surface area contributed by atoms with Gasteiger partial charge in [-0.25, -0.2) is 4.98 Å². The van der Waals surface area contributed by atoms with E-state index in [1.807, 2.05) is 68.1 Å². The van der Waals surface area contributed by atoms with E-state index in [9.17, 15) is 9.59 Å². The Morgan fingerprint density at radius 1 is 1.07 bits per heavy atom. The number of carbonyl (C=O) groups excluding carboxylic acids is 1. The van der Waals surface area contributed by atoms with Gasteiger partial charge in [-0.05, 0) is 69.4 Å². The number of likely N-dealkylation sites (tertiary alicyclic amines) is 1. The molecule has 30 heavy (non-hydrogen) atoms. The second kappa shape index (κ2) is 8.64. The van der Waals surface area contributed by atoms with Gasteiger partial charge in [-0.3, -0.25) is 14.2 Å². The highest BCUT2D eigenvalue weighted by molar-refractivity contribution is 8.00.